The van der Waals surface area contributed by atoms with Gasteiger partial charge < -0.3 is 4.90 Å². The van der Waals surface area contributed by atoms with Crippen molar-refractivity contribution in [1.29, 1.82) is 0 Å². The molecule has 2 bridgehead atoms. The van der Waals surface area contributed by atoms with Crippen LogP contribution in [0.3, 0.4) is 0 Å². The summed E-state index contributed by atoms with van der Waals surface area (Å²) in [6.07, 6.45) is 4.55. The molecule has 2 saturated heterocycles. The highest BCUT2D eigenvalue weighted by Gasteiger charge is 2.34. The predicted molar refractivity (Wildman–Crippen MR) is 88.7 cm³/mol. The fourth-order valence-electron chi connectivity index (χ4n) is 3.62. The van der Waals surface area contributed by atoms with Gasteiger partial charge in [-0.15, -0.1) is 0 Å². The van der Waals surface area contributed by atoms with Crippen LogP contribution >= 0.6 is 15.9 Å². The first-order valence-electron chi connectivity index (χ1n) is 7.86. The maximum Gasteiger partial charge on any atom is 0.164 e. The second kappa shape index (κ2) is 6.59. The van der Waals surface area contributed by atoms with E-state index in [9.17, 15) is 4.79 Å². The summed E-state index contributed by atoms with van der Waals surface area (Å²) in [4.78, 5) is 17.3. The molecule has 0 spiro atoms. The molecule has 2 aliphatic heterocycles. The Kier molecular flexibility index (Phi) is 4.77. The van der Waals surface area contributed by atoms with Gasteiger partial charge >= 0.3 is 0 Å². The van der Waals surface area contributed by atoms with Crippen LogP contribution in [0.5, 0.6) is 0 Å². The number of fused-ring (bicyclic) bond motifs is 2. The molecule has 2 heterocycles. The van der Waals surface area contributed by atoms with Crippen molar-refractivity contribution in [3.05, 3.63) is 34.3 Å². The standard InChI is InChI=1S/C17H23BrN2O/c1-19-15-6-7-16(19)12-20(10-8-15)11-9-17(21)13-2-4-14(18)5-3-13/h2-5,15-16H,6-12H2,1H3. The molecule has 2 atom stereocenters. The molecule has 0 radical (unpaired) electrons. The molecule has 1 aromatic rings. The second-order valence-electron chi connectivity index (χ2n) is 6.32. The van der Waals surface area contributed by atoms with Crippen LogP contribution in [-0.4, -0.2) is 54.3 Å². The van der Waals surface area contributed by atoms with Gasteiger partial charge in [0, 0.05) is 41.6 Å². The lowest BCUT2D eigenvalue weighted by atomic mass is 10.1. The first-order chi connectivity index (χ1) is 10.1. The van der Waals surface area contributed by atoms with Crippen LogP contribution in [0, 0.1) is 0 Å². The van der Waals surface area contributed by atoms with Crippen molar-refractivity contribution in [1.82, 2.24) is 9.80 Å². The smallest absolute Gasteiger partial charge is 0.164 e. The average Bonchev–Trinajstić information content (AvgIpc) is 2.72. The van der Waals surface area contributed by atoms with Crippen LogP contribution < -0.4 is 0 Å². The number of likely N-dealkylation sites (tertiary alicyclic amines) is 1. The largest absolute Gasteiger partial charge is 0.301 e. The topological polar surface area (TPSA) is 23.6 Å². The molecule has 2 unspecified atom stereocenters. The number of carbonyl (C=O) groups is 1. The normalized spacial score (nSPS) is 26.8. The second-order valence-corrected chi connectivity index (χ2v) is 7.24. The number of nitrogens with zero attached hydrogens (tertiary/aromatic N) is 2. The fourth-order valence-corrected chi connectivity index (χ4v) is 3.89. The number of hydrogen-bond donors (Lipinski definition) is 0. The van der Waals surface area contributed by atoms with Crippen molar-refractivity contribution >= 4 is 21.7 Å². The summed E-state index contributed by atoms with van der Waals surface area (Å²) in [6.45, 7) is 3.16. The number of likely N-dealkylation sites (N-methyl/N-ethyl adjacent to an activating group) is 1. The summed E-state index contributed by atoms with van der Waals surface area (Å²) in [5, 5.41) is 0. The predicted octanol–water partition coefficient (Wildman–Crippen LogP) is 3.19. The van der Waals surface area contributed by atoms with Gasteiger partial charge in [-0.05, 0) is 45.0 Å². The van der Waals surface area contributed by atoms with Gasteiger partial charge in [0.25, 0.3) is 0 Å². The molecular weight excluding hydrogens is 328 g/mol. The Labute approximate surface area is 135 Å². The van der Waals surface area contributed by atoms with E-state index in [-0.39, 0.29) is 5.78 Å². The van der Waals surface area contributed by atoms with Crippen LogP contribution in [0.1, 0.15) is 36.0 Å². The monoisotopic (exact) mass is 350 g/mol. The number of carbonyl (C=O) groups excluding carboxylic acids is 1. The maximum atomic E-state index is 12.3. The van der Waals surface area contributed by atoms with Crippen molar-refractivity contribution in [2.24, 2.45) is 0 Å². The lowest BCUT2D eigenvalue weighted by molar-refractivity contribution is 0.0961. The number of ketones is 1. The Bertz CT molecular complexity index is 502. The summed E-state index contributed by atoms with van der Waals surface area (Å²) in [5.41, 5.74) is 0.826. The zero-order valence-electron chi connectivity index (χ0n) is 12.6. The van der Waals surface area contributed by atoms with Crippen molar-refractivity contribution in [2.75, 3.05) is 26.7 Å². The third-order valence-corrected chi connectivity index (χ3v) is 5.58. The van der Waals surface area contributed by atoms with Gasteiger partial charge in [0.05, 0.1) is 0 Å². The zero-order valence-corrected chi connectivity index (χ0v) is 14.2. The Balaban J connectivity index is 1.53. The molecule has 0 saturated carbocycles. The van der Waals surface area contributed by atoms with Crippen molar-refractivity contribution in [2.45, 2.75) is 37.8 Å². The lowest BCUT2D eigenvalue weighted by Gasteiger charge is -2.25. The first kappa shape index (κ1) is 15.2. The Morgan fingerprint density at radius 2 is 1.90 bits per heavy atom. The number of rotatable bonds is 4. The summed E-state index contributed by atoms with van der Waals surface area (Å²) in [6, 6.07) is 9.15. The molecular formula is C17H23BrN2O. The van der Waals surface area contributed by atoms with E-state index in [2.05, 4.69) is 32.8 Å². The number of benzene rings is 1. The van der Waals surface area contributed by atoms with E-state index in [0.717, 1.165) is 35.7 Å². The Morgan fingerprint density at radius 3 is 2.67 bits per heavy atom. The molecule has 2 aliphatic rings. The molecule has 0 aromatic heterocycles. The van der Waals surface area contributed by atoms with Gasteiger partial charge in [0.15, 0.2) is 5.78 Å². The highest BCUT2D eigenvalue weighted by atomic mass is 79.9. The van der Waals surface area contributed by atoms with Gasteiger partial charge in [-0.1, -0.05) is 28.1 Å². The van der Waals surface area contributed by atoms with E-state index in [1.807, 2.05) is 24.3 Å². The molecule has 3 nitrogen and oxygen atoms in total. The van der Waals surface area contributed by atoms with E-state index >= 15 is 0 Å². The highest BCUT2D eigenvalue weighted by Crippen LogP contribution is 2.28. The van der Waals surface area contributed by atoms with Crippen molar-refractivity contribution in [3.63, 3.8) is 0 Å². The van der Waals surface area contributed by atoms with Gasteiger partial charge in [0.1, 0.15) is 0 Å². The molecule has 21 heavy (non-hydrogen) atoms. The molecule has 0 aliphatic carbocycles. The number of halogens is 1. The van der Waals surface area contributed by atoms with Crippen LogP contribution in [-0.2, 0) is 0 Å². The lowest BCUT2D eigenvalue weighted by Crippen LogP contribution is -2.37. The molecule has 0 amide bonds. The van der Waals surface area contributed by atoms with E-state index in [1.54, 1.807) is 0 Å². The summed E-state index contributed by atoms with van der Waals surface area (Å²) < 4.78 is 1.02. The van der Waals surface area contributed by atoms with Gasteiger partial charge in [-0.3, -0.25) is 9.69 Å². The van der Waals surface area contributed by atoms with Crippen molar-refractivity contribution < 1.29 is 4.79 Å². The Hall–Kier alpha value is -0.710. The van der Waals surface area contributed by atoms with E-state index in [0.29, 0.717) is 12.5 Å². The van der Waals surface area contributed by atoms with Crippen LogP contribution in [0.4, 0.5) is 0 Å². The fraction of sp³-hybridized carbons (Fsp3) is 0.588. The average molecular weight is 351 g/mol. The maximum absolute atomic E-state index is 12.3. The van der Waals surface area contributed by atoms with Crippen LogP contribution in [0.2, 0.25) is 0 Å². The zero-order chi connectivity index (χ0) is 14.8. The molecule has 4 heteroatoms. The molecule has 3 rings (SSSR count). The van der Waals surface area contributed by atoms with E-state index in [1.165, 1.54) is 19.3 Å². The molecule has 2 fully saturated rings. The van der Waals surface area contributed by atoms with Crippen LogP contribution in [0.25, 0.3) is 0 Å². The molecule has 0 N–H and O–H groups in total. The van der Waals surface area contributed by atoms with Gasteiger partial charge in [0.2, 0.25) is 0 Å². The number of Topliss-reactive ketones (excluding diaryl/α,β-unsaturated/α-hetero) is 1. The van der Waals surface area contributed by atoms with Crippen LogP contribution in [0.15, 0.2) is 28.7 Å². The third kappa shape index (κ3) is 3.55. The Morgan fingerprint density at radius 1 is 1.19 bits per heavy atom. The number of hydrogen-bond acceptors (Lipinski definition) is 3. The van der Waals surface area contributed by atoms with Crippen molar-refractivity contribution in [3.8, 4) is 0 Å². The van der Waals surface area contributed by atoms with E-state index < -0.39 is 0 Å². The molecule has 1 aromatic carbocycles. The minimum absolute atomic E-state index is 0.255. The minimum atomic E-state index is 0.255. The SMILES string of the molecule is CN1C2CCC1CN(CCC(=O)c1ccc(Br)cc1)CC2. The first-order valence-corrected chi connectivity index (χ1v) is 8.66. The van der Waals surface area contributed by atoms with E-state index in [4.69, 9.17) is 0 Å². The molecule has 114 valence electrons. The van der Waals surface area contributed by atoms with Gasteiger partial charge in [-0.25, -0.2) is 0 Å². The third-order valence-electron chi connectivity index (χ3n) is 5.05. The highest BCUT2D eigenvalue weighted by molar-refractivity contribution is 9.10. The quantitative estimate of drug-likeness (QED) is 0.779. The summed E-state index contributed by atoms with van der Waals surface area (Å²) >= 11 is 3.40. The minimum Gasteiger partial charge on any atom is -0.301 e. The summed E-state index contributed by atoms with van der Waals surface area (Å²) in [5.74, 6) is 0.255. The summed E-state index contributed by atoms with van der Waals surface area (Å²) in [7, 11) is 2.26. The van der Waals surface area contributed by atoms with Gasteiger partial charge in [-0.2, -0.15) is 0 Å².